The van der Waals surface area contributed by atoms with Crippen LogP contribution in [-0.2, 0) is 19.4 Å². The monoisotopic (exact) mass is 311 g/mol. The van der Waals surface area contributed by atoms with Gasteiger partial charge in [-0.05, 0) is 26.0 Å². The number of hydrogen-bond donors (Lipinski definition) is 1. The molecule has 0 saturated carbocycles. The fourth-order valence-electron chi connectivity index (χ4n) is 1.59. The lowest BCUT2D eigenvalue weighted by molar-refractivity contribution is -0.143. The zero-order valence-corrected chi connectivity index (χ0v) is 12.6. The zero-order valence-electron chi connectivity index (χ0n) is 11.8. The topological polar surface area (TPSA) is 91.8 Å². The Bertz CT molecular complexity index is 635. The van der Waals surface area contributed by atoms with Crippen molar-refractivity contribution in [3.8, 4) is 0 Å². The van der Waals surface area contributed by atoms with E-state index in [2.05, 4.69) is 0 Å². The van der Waals surface area contributed by atoms with Crippen molar-refractivity contribution in [3.05, 3.63) is 41.8 Å². The molecule has 0 aromatic heterocycles. The number of carboxylic acid groups (broad SMARTS) is 1. The Labute approximate surface area is 123 Å². The highest BCUT2D eigenvalue weighted by molar-refractivity contribution is 7.94. The molecule has 114 valence electrons. The average molecular weight is 311 g/mol. The largest absolute Gasteiger partial charge is 0.480 e. The van der Waals surface area contributed by atoms with Crippen LogP contribution in [0.15, 0.2) is 46.7 Å². The molecule has 0 aliphatic heterocycles. The zero-order chi connectivity index (χ0) is 16.0. The van der Waals surface area contributed by atoms with Crippen molar-refractivity contribution >= 4 is 21.7 Å². The molecule has 1 aromatic rings. The summed E-state index contributed by atoms with van der Waals surface area (Å²) < 4.78 is 24.0. The van der Waals surface area contributed by atoms with Gasteiger partial charge in [-0.3, -0.25) is 9.59 Å². The van der Waals surface area contributed by atoms with E-state index in [1.165, 1.54) is 12.1 Å². The van der Waals surface area contributed by atoms with Crippen molar-refractivity contribution in [2.24, 2.45) is 0 Å². The van der Waals surface area contributed by atoms with Crippen molar-refractivity contribution in [1.82, 2.24) is 4.90 Å². The van der Waals surface area contributed by atoms with Crippen LogP contribution >= 0.6 is 0 Å². The maximum absolute atomic E-state index is 12.0. The van der Waals surface area contributed by atoms with Crippen LogP contribution in [0.2, 0.25) is 0 Å². The molecular formula is C14H17NO5S. The summed E-state index contributed by atoms with van der Waals surface area (Å²) in [6.07, 6.45) is 0.880. The smallest absolute Gasteiger partial charge is 0.323 e. The normalized spacial score (nSPS) is 11.8. The SMILES string of the molecule is CC(C)N(CC(=O)O)C(=O)/C=C/S(=O)(=O)c1ccccc1. The van der Waals surface area contributed by atoms with Gasteiger partial charge in [0.2, 0.25) is 5.91 Å². The van der Waals surface area contributed by atoms with E-state index in [0.717, 1.165) is 16.4 Å². The van der Waals surface area contributed by atoms with Gasteiger partial charge < -0.3 is 10.0 Å². The molecule has 0 spiro atoms. The second-order valence-corrected chi connectivity index (χ2v) is 6.45. The van der Waals surface area contributed by atoms with Crippen molar-refractivity contribution in [1.29, 1.82) is 0 Å². The van der Waals surface area contributed by atoms with Gasteiger partial charge in [-0.1, -0.05) is 18.2 Å². The number of carboxylic acids is 1. The fraction of sp³-hybridized carbons (Fsp3) is 0.286. The second-order valence-electron chi connectivity index (χ2n) is 4.61. The minimum atomic E-state index is -3.72. The van der Waals surface area contributed by atoms with Crippen LogP contribution in [-0.4, -0.2) is 42.9 Å². The molecule has 7 heteroatoms. The molecule has 0 saturated heterocycles. The van der Waals surface area contributed by atoms with Crippen LogP contribution < -0.4 is 0 Å². The fourth-order valence-corrected chi connectivity index (χ4v) is 2.58. The van der Waals surface area contributed by atoms with E-state index in [1.807, 2.05) is 0 Å². The van der Waals surface area contributed by atoms with Gasteiger partial charge in [-0.25, -0.2) is 8.42 Å². The molecule has 0 heterocycles. The van der Waals surface area contributed by atoms with Gasteiger partial charge in [0.05, 0.1) is 4.90 Å². The quantitative estimate of drug-likeness (QED) is 0.799. The third kappa shape index (κ3) is 5.03. The van der Waals surface area contributed by atoms with Crippen LogP contribution in [0.4, 0.5) is 0 Å². The Kier molecular flexibility index (Phi) is 5.66. The summed E-state index contributed by atoms with van der Waals surface area (Å²) in [5.74, 6) is -1.82. The Morgan fingerprint density at radius 1 is 1.24 bits per heavy atom. The molecule has 0 atom stereocenters. The van der Waals surface area contributed by atoms with E-state index in [4.69, 9.17) is 5.11 Å². The van der Waals surface area contributed by atoms with E-state index >= 15 is 0 Å². The Balaban J connectivity index is 2.93. The lowest BCUT2D eigenvalue weighted by Crippen LogP contribution is -2.39. The van der Waals surface area contributed by atoms with Gasteiger partial charge in [0.15, 0.2) is 9.84 Å². The molecule has 1 aromatic carbocycles. The lowest BCUT2D eigenvalue weighted by atomic mass is 10.3. The van der Waals surface area contributed by atoms with Gasteiger partial charge in [0.1, 0.15) is 6.54 Å². The van der Waals surface area contributed by atoms with E-state index < -0.39 is 28.3 Å². The molecule has 21 heavy (non-hydrogen) atoms. The molecule has 1 N–H and O–H groups in total. The van der Waals surface area contributed by atoms with Gasteiger partial charge in [0.25, 0.3) is 0 Å². The maximum atomic E-state index is 12.0. The number of rotatable bonds is 6. The van der Waals surface area contributed by atoms with Crippen LogP contribution in [0.1, 0.15) is 13.8 Å². The summed E-state index contributed by atoms with van der Waals surface area (Å²) in [7, 11) is -3.72. The first-order valence-corrected chi connectivity index (χ1v) is 7.79. The minimum Gasteiger partial charge on any atom is -0.480 e. The number of sulfone groups is 1. The summed E-state index contributed by atoms with van der Waals surface area (Å²) >= 11 is 0. The molecule has 0 bridgehead atoms. The molecule has 0 unspecified atom stereocenters. The first-order chi connectivity index (χ1) is 9.74. The Morgan fingerprint density at radius 2 is 1.81 bits per heavy atom. The molecule has 1 rings (SSSR count). The Morgan fingerprint density at radius 3 is 2.29 bits per heavy atom. The van der Waals surface area contributed by atoms with E-state index in [0.29, 0.717) is 0 Å². The van der Waals surface area contributed by atoms with Crippen LogP contribution in [0.3, 0.4) is 0 Å². The Hall–Kier alpha value is -2.15. The van der Waals surface area contributed by atoms with Gasteiger partial charge in [-0.2, -0.15) is 0 Å². The predicted octanol–water partition coefficient (Wildman–Crippen LogP) is 1.30. The molecule has 0 fully saturated rings. The first-order valence-electron chi connectivity index (χ1n) is 6.24. The minimum absolute atomic E-state index is 0.0726. The van der Waals surface area contributed by atoms with Gasteiger partial charge >= 0.3 is 5.97 Å². The van der Waals surface area contributed by atoms with Crippen molar-refractivity contribution < 1.29 is 23.1 Å². The number of carbonyl (C=O) groups is 2. The van der Waals surface area contributed by atoms with Gasteiger partial charge in [-0.15, -0.1) is 0 Å². The summed E-state index contributed by atoms with van der Waals surface area (Å²) in [4.78, 5) is 23.8. The van der Waals surface area contributed by atoms with E-state index in [1.54, 1.807) is 32.0 Å². The lowest BCUT2D eigenvalue weighted by Gasteiger charge is -2.23. The summed E-state index contributed by atoms with van der Waals surface area (Å²) in [6, 6.07) is 7.32. The molecule has 0 radical (unpaired) electrons. The molecular weight excluding hydrogens is 294 g/mol. The second kappa shape index (κ2) is 7.03. The molecule has 0 aliphatic rings. The highest BCUT2D eigenvalue weighted by atomic mass is 32.2. The van der Waals surface area contributed by atoms with Crippen LogP contribution in [0.5, 0.6) is 0 Å². The first kappa shape index (κ1) is 16.9. The molecule has 0 aliphatic carbocycles. The number of aliphatic carboxylic acids is 1. The van der Waals surface area contributed by atoms with Crippen molar-refractivity contribution in [2.45, 2.75) is 24.8 Å². The average Bonchev–Trinajstić information content (AvgIpc) is 2.43. The third-order valence-electron chi connectivity index (χ3n) is 2.67. The third-order valence-corrected chi connectivity index (χ3v) is 4.10. The maximum Gasteiger partial charge on any atom is 0.323 e. The summed E-state index contributed by atoms with van der Waals surface area (Å²) in [6.45, 7) is 2.83. The molecule has 6 nitrogen and oxygen atoms in total. The molecule has 1 amide bonds. The summed E-state index contributed by atoms with van der Waals surface area (Å²) in [5, 5.41) is 9.55. The number of amides is 1. The highest BCUT2D eigenvalue weighted by Gasteiger charge is 2.18. The van der Waals surface area contributed by atoms with E-state index in [9.17, 15) is 18.0 Å². The van der Waals surface area contributed by atoms with Crippen LogP contribution in [0.25, 0.3) is 0 Å². The standard InChI is InChI=1S/C14H17NO5S/c1-11(2)15(10-14(17)18)13(16)8-9-21(19,20)12-6-4-3-5-7-12/h3-9,11H,10H2,1-2H3,(H,17,18)/b9-8+. The predicted molar refractivity (Wildman–Crippen MR) is 77.3 cm³/mol. The van der Waals surface area contributed by atoms with Crippen molar-refractivity contribution in [3.63, 3.8) is 0 Å². The number of nitrogens with zero attached hydrogens (tertiary/aromatic N) is 1. The number of carbonyl (C=O) groups excluding carboxylic acids is 1. The van der Waals surface area contributed by atoms with Crippen LogP contribution in [0, 0.1) is 0 Å². The van der Waals surface area contributed by atoms with E-state index in [-0.39, 0.29) is 10.9 Å². The van der Waals surface area contributed by atoms with Gasteiger partial charge in [0, 0.05) is 17.5 Å². The number of hydrogen-bond acceptors (Lipinski definition) is 4. The van der Waals surface area contributed by atoms with Crippen molar-refractivity contribution in [2.75, 3.05) is 6.54 Å². The highest BCUT2D eigenvalue weighted by Crippen LogP contribution is 2.11. The number of benzene rings is 1. The summed E-state index contributed by atoms with van der Waals surface area (Å²) in [5.41, 5.74) is 0.